The summed E-state index contributed by atoms with van der Waals surface area (Å²) in [5, 5.41) is 3.95. The second-order valence-corrected chi connectivity index (χ2v) is 5.23. The Morgan fingerprint density at radius 1 is 1.24 bits per heavy atom. The zero-order valence-electron chi connectivity index (χ0n) is 11.5. The average Bonchev–Trinajstić information content (AvgIpc) is 2.49. The van der Waals surface area contributed by atoms with Crippen LogP contribution in [-0.2, 0) is 9.53 Å². The van der Waals surface area contributed by atoms with Gasteiger partial charge in [0.05, 0.1) is 6.21 Å². The van der Waals surface area contributed by atoms with Crippen LogP contribution in [0.15, 0.2) is 64.2 Å². The summed E-state index contributed by atoms with van der Waals surface area (Å²) in [6.07, 6.45) is 0.909. The molecule has 2 rings (SSSR count). The summed E-state index contributed by atoms with van der Waals surface area (Å²) in [5.41, 5.74) is 4.16. The first-order valence-electron chi connectivity index (χ1n) is 6.37. The van der Waals surface area contributed by atoms with Crippen LogP contribution in [0.3, 0.4) is 0 Å². The van der Waals surface area contributed by atoms with Crippen LogP contribution in [0.2, 0.25) is 0 Å². The lowest BCUT2D eigenvalue weighted by molar-refractivity contribution is -0.131. The summed E-state index contributed by atoms with van der Waals surface area (Å²) in [7, 11) is 1.50. The molecule has 0 radical (unpaired) electrons. The highest BCUT2D eigenvalue weighted by Gasteiger charge is 2.18. The normalized spacial score (nSPS) is 12.3. The van der Waals surface area contributed by atoms with Gasteiger partial charge in [0.25, 0.3) is 5.91 Å². The van der Waals surface area contributed by atoms with E-state index in [-0.39, 0.29) is 5.91 Å². The standard InChI is InChI=1S/C16H15BrN2O2/c1-21-15(13-7-3-2-4-8-13)16(20)19-18-11-12-6-5-9-14(17)10-12/h2-11,15H,1H3,(H,19,20)/b18-11-/t15-/m1/s1. The Morgan fingerprint density at radius 2 is 2.00 bits per heavy atom. The summed E-state index contributed by atoms with van der Waals surface area (Å²) >= 11 is 3.38. The molecule has 0 bridgehead atoms. The smallest absolute Gasteiger partial charge is 0.273 e. The van der Waals surface area contributed by atoms with Crippen molar-refractivity contribution in [1.29, 1.82) is 0 Å². The first kappa shape index (κ1) is 15.4. The molecule has 1 N–H and O–H groups in total. The third kappa shape index (κ3) is 4.51. The molecule has 0 aliphatic rings. The van der Waals surface area contributed by atoms with Crippen molar-refractivity contribution < 1.29 is 9.53 Å². The number of halogens is 1. The van der Waals surface area contributed by atoms with Gasteiger partial charge in [0.1, 0.15) is 0 Å². The largest absolute Gasteiger partial charge is 0.367 e. The molecule has 108 valence electrons. The maximum absolute atomic E-state index is 12.1. The number of carbonyl (C=O) groups is 1. The number of amides is 1. The second kappa shape index (κ2) is 7.71. The van der Waals surface area contributed by atoms with Crippen molar-refractivity contribution in [3.05, 3.63) is 70.2 Å². The number of rotatable bonds is 5. The predicted octanol–water partition coefficient (Wildman–Crippen LogP) is 3.29. The highest BCUT2D eigenvalue weighted by atomic mass is 79.9. The lowest BCUT2D eigenvalue weighted by atomic mass is 10.1. The van der Waals surface area contributed by atoms with Crippen molar-refractivity contribution in [3.63, 3.8) is 0 Å². The fraction of sp³-hybridized carbons (Fsp3) is 0.125. The Labute approximate surface area is 132 Å². The SMILES string of the molecule is CO[C@@H](C(=O)N/N=C\c1cccc(Br)c1)c1ccccc1. The third-order valence-corrected chi connectivity index (χ3v) is 3.31. The molecular formula is C16H15BrN2O2. The lowest BCUT2D eigenvalue weighted by Crippen LogP contribution is -2.26. The van der Waals surface area contributed by atoms with Crippen LogP contribution < -0.4 is 5.43 Å². The summed E-state index contributed by atoms with van der Waals surface area (Å²) in [6.45, 7) is 0. The number of carbonyl (C=O) groups excluding carboxylic acids is 1. The van der Waals surface area contributed by atoms with E-state index in [2.05, 4.69) is 26.5 Å². The fourth-order valence-electron chi connectivity index (χ4n) is 1.84. The van der Waals surface area contributed by atoms with Crippen molar-refractivity contribution in [2.75, 3.05) is 7.11 Å². The quantitative estimate of drug-likeness (QED) is 0.667. The lowest BCUT2D eigenvalue weighted by Gasteiger charge is -2.13. The van der Waals surface area contributed by atoms with E-state index < -0.39 is 6.10 Å². The van der Waals surface area contributed by atoms with E-state index in [1.807, 2.05) is 54.6 Å². The Bertz CT molecular complexity index is 629. The molecule has 21 heavy (non-hydrogen) atoms. The molecule has 1 atom stereocenters. The minimum absolute atomic E-state index is 0.310. The number of benzene rings is 2. The molecule has 0 spiro atoms. The van der Waals surface area contributed by atoms with Gasteiger partial charge in [0.15, 0.2) is 6.10 Å². The van der Waals surface area contributed by atoms with Gasteiger partial charge in [-0.05, 0) is 23.3 Å². The summed E-state index contributed by atoms with van der Waals surface area (Å²) < 4.78 is 6.18. The highest BCUT2D eigenvalue weighted by Crippen LogP contribution is 2.16. The van der Waals surface area contributed by atoms with E-state index in [1.165, 1.54) is 7.11 Å². The molecule has 0 aliphatic carbocycles. The molecule has 2 aromatic carbocycles. The van der Waals surface area contributed by atoms with Crippen LogP contribution in [0.4, 0.5) is 0 Å². The van der Waals surface area contributed by atoms with E-state index in [0.29, 0.717) is 0 Å². The van der Waals surface area contributed by atoms with Crippen LogP contribution in [0.1, 0.15) is 17.2 Å². The molecule has 0 saturated heterocycles. The van der Waals surface area contributed by atoms with E-state index in [4.69, 9.17) is 4.74 Å². The molecule has 1 amide bonds. The van der Waals surface area contributed by atoms with Gasteiger partial charge in [-0.3, -0.25) is 4.79 Å². The average molecular weight is 347 g/mol. The third-order valence-electron chi connectivity index (χ3n) is 2.81. The van der Waals surface area contributed by atoms with E-state index >= 15 is 0 Å². The van der Waals surface area contributed by atoms with Crippen LogP contribution >= 0.6 is 15.9 Å². The van der Waals surface area contributed by atoms with E-state index in [1.54, 1.807) is 6.21 Å². The molecule has 0 saturated carbocycles. The number of ether oxygens (including phenoxy) is 1. The first-order valence-corrected chi connectivity index (χ1v) is 7.16. The Morgan fingerprint density at radius 3 is 2.67 bits per heavy atom. The minimum atomic E-state index is -0.675. The minimum Gasteiger partial charge on any atom is -0.367 e. The van der Waals surface area contributed by atoms with Crippen LogP contribution in [0.5, 0.6) is 0 Å². The number of methoxy groups -OCH3 is 1. The topological polar surface area (TPSA) is 50.7 Å². The van der Waals surface area contributed by atoms with Crippen molar-refractivity contribution in [2.45, 2.75) is 6.10 Å². The molecule has 0 unspecified atom stereocenters. The van der Waals surface area contributed by atoms with Gasteiger partial charge in [0, 0.05) is 11.6 Å². The van der Waals surface area contributed by atoms with Gasteiger partial charge in [-0.25, -0.2) is 5.43 Å². The number of nitrogens with one attached hydrogen (secondary N) is 1. The highest BCUT2D eigenvalue weighted by molar-refractivity contribution is 9.10. The Kier molecular flexibility index (Phi) is 5.66. The van der Waals surface area contributed by atoms with Gasteiger partial charge in [-0.1, -0.05) is 58.4 Å². The maximum Gasteiger partial charge on any atom is 0.273 e. The summed E-state index contributed by atoms with van der Waals surface area (Å²) in [5.74, 6) is -0.310. The van der Waals surface area contributed by atoms with E-state index in [0.717, 1.165) is 15.6 Å². The molecule has 4 nitrogen and oxygen atoms in total. The number of hydrazone groups is 1. The van der Waals surface area contributed by atoms with Gasteiger partial charge >= 0.3 is 0 Å². The summed E-state index contributed by atoms with van der Waals surface area (Å²) in [4.78, 5) is 12.1. The van der Waals surface area contributed by atoms with Gasteiger partial charge < -0.3 is 4.74 Å². The zero-order valence-corrected chi connectivity index (χ0v) is 13.1. The van der Waals surface area contributed by atoms with Gasteiger partial charge in [0.2, 0.25) is 0 Å². The molecule has 0 aliphatic heterocycles. The molecule has 0 aromatic heterocycles. The van der Waals surface area contributed by atoms with Crippen molar-refractivity contribution in [3.8, 4) is 0 Å². The number of nitrogens with zero attached hydrogens (tertiary/aromatic N) is 1. The molecule has 0 fully saturated rings. The van der Waals surface area contributed by atoms with Gasteiger partial charge in [-0.2, -0.15) is 5.10 Å². The zero-order chi connectivity index (χ0) is 15.1. The molecule has 2 aromatic rings. The molecule has 0 heterocycles. The fourth-order valence-corrected chi connectivity index (χ4v) is 2.26. The summed E-state index contributed by atoms with van der Waals surface area (Å²) in [6, 6.07) is 16.9. The van der Waals surface area contributed by atoms with Gasteiger partial charge in [-0.15, -0.1) is 0 Å². The Hall–Kier alpha value is -1.98. The molecular weight excluding hydrogens is 332 g/mol. The van der Waals surface area contributed by atoms with Crippen molar-refractivity contribution in [2.24, 2.45) is 5.10 Å². The first-order chi connectivity index (χ1) is 10.2. The van der Waals surface area contributed by atoms with Crippen molar-refractivity contribution >= 4 is 28.1 Å². The maximum atomic E-state index is 12.1. The molecule has 5 heteroatoms. The Balaban J connectivity index is 2.00. The van der Waals surface area contributed by atoms with Crippen LogP contribution in [0, 0.1) is 0 Å². The second-order valence-electron chi connectivity index (χ2n) is 4.32. The number of hydrogen-bond donors (Lipinski definition) is 1. The number of hydrogen-bond acceptors (Lipinski definition) is 3. The van der Waals surface area contributed by atoms with Crippen LogP contribution in [0.25, 0.3) is 0 Å². The van der Waals surface area contributed by atoms with E-state index in [9.17, 15) is 4.79 Å². The monoisotopic (exact) mass is 346 g/mol. The van der Waals surface area contributed by atoms with Crippen molar-refractivity contribution in [1.82, 2.24) is 5.43 Å². The van der Waals surface area contributed by atoms with Crippen LogP contribution in [-0.4, -0.2) is 19.2 Å². The predicted molar refractivity (Wildman–Crippen MR) is 86.1 cm³/mol.